The van der Waals surface area contributed by atoms with Crippen LogP contribution in [0.3, 0.4) is 0 Å². The number of rotatable bonds is 8. The Hall–Kier alpha value is -4.38. The Labute approximate surface area is 200 Å². The summed E-state index contributed by atoms with van der Waals surface area (Å²) in [6.07, 6.45) is 0.394. The number of imidazole rings is 1. The molecule has 11 nitrogen and oxygen atoms in total. The highest BCUT2D eigenvalue weighted by Crippen LogP contribution is 2.19. The van der Waals surface area contributed by atoms with Gasteiger partial charge in [-0.2, -0.15) is 10.1 Å². The fourth-order valence-corrected chi connectivity index (χ4v) is 3.63. The molecule has 0 radical (unpaired) electrons. The molecule has 2 heterocycles. The van der Waals surface area contributed by atoms with Crippen molar-refractivity contribution in [2.75, 3.05) is 12.0 Å². The average molecular weight is 479 g/mol. The minimum Gasteiger partial charge on any atom is -0.507 e. The summed E-state index contributed by atoms with van der Waals surface area (Å²) in [7, 11) is 2.89. The van der Waals surface area contributed by atoms with Crippen LogP contribution in [0.5, 0.6) is 11.5 Å². The molecular weight excluding hydrogens is 452 g/mol. The van der Waals surface area contributed by atoms with Gasteiger partial charge in [0.25, 0.3) is 5.56 Å². The van der Waals surface area contributed by atoms with Crippen LogP contribution in [0.1, 0.15) is 11.1 Å². The van der Waals surface area contributed by atoms with E-state index in [1.165, 1.54) is 35.5 Å². The Morgan fingerprint density at radius 1 is 1.11 bits per heavy atom. The lowest BCUT2D eigenvalue weighted by atomic mass is 10.2. The Balaban J connectivity index is 1.68. The van der Waals surface area contributed by atoms with Gasteiger partial charge in [-0.3, -0.25) is 13.9 Å². The van der Waals surface area contributed by atoms with Crippen LogP contribution in [-0.4, -0.2) is 47.8 Å². The molecule has 0 amide bonds. The molecule has 182 valence electrons. The van der Waals surface area contributed by atoms with Crippen LogP contribution in [-0.2, 0) is 20.6 Å². The summed E-state index contributed by atoms with van der Waals surface area (Å²) in [6, 6.07) is 14.1. The number of phenols is 1. The van der Waals surface area contributed by atoms with E-state index in [0.29, 0.717) is 11.3 Å². The monoisotopic (exact) mass is 478 g/mol. The van der Waals surface area contributed by atoms with E-state index in [1.807, 2.05) is 25.1 Å². The van der Waals surface area contributed by atoms with Crippen molar-refractivity contribution >= 4 is 23.3 Å². The van der Waals surface area contributed by atoms with Gasteiger partial charge in [-0.05, 0) is 30.7 Å². The number of aromatic hydroxyl groups is 1. The number of hydrazone groups is 1. The molecule has 11 heteroatoms. The molecule has 2 aromatic carbocycles. The van der Waals surface area contributed by atoms with E-state index in [9.17, 15) is 19.8 Å². The lowest BCUT2D eigenvalue weighted by Gasteiger charge is -2.16. The van der Waals surface area contributed by atoms with Crippen molar-refractivity contribution in [3.05, 3.63) is 80.5 Å². The maximum Gasteiger partial charge on any atom is 0.332 e. The zero-order chi connectivity index (χ0) is 25.1. The third-order valence-electron chi connectivity index (χ3n) is 5.57. The van der Waals surface area contributed by atoms with E-state index in [-0.39, 0.29) is 36.0 Å². The van der Waals surface area contributed by atoms with Gasteiger partial charge >= 0.3 is 5.69 Å². The van der Waals surface area contributed by atoms with Crippen LogP contribution in [0.4, 0.5) is 5.95 Å². The number of aliphatic hydroxyl groups is 1. The van der Waals surface area contributed by atoms with Crippen LogP contribution >= 0.6 is 0 Å². The topological polar surface area (TPSA) is 136 Å². The Kier molecular flexibility index (Phi) is 6.69. The fourth-order valence-electron chi connectivity index (χ4n) is 3.63. The highest BCUT2D eigenvalue weighted by molar-refractivity contribution is 5.83. The van der Waals surface area contributed by atoms with Gasteiger partial charge in [0.1, 0.15) is 24.2 Å². The van der Waals surface area contributed by atoms with Gasteiger partial charge in [-0.15, -0.1) is 0 Å². The number of para-hydroxylation sites is 2. The molecule has 0 unspecified atom stereocenters. The number of aliphatic hydroxyl groups excluding tert-OH is 1. The summed E-state index contributed by atoms with van der Waals surface area (Å²) in [4.78, 5) is 29.7. The molecule has 4 rings (SSSR count). The summed E-state index contributed by atoms with van der Waals surface area (Å²) >= 11 is 0. The third-order valence-corrected chi connectivity index (χ3v) is 5.57. The van der Waals surface area contributed by atoms with Crippen molar-refractivity contribution in [2.24, 2.45) is 19.2 Å². The predicted molar refractivity (Wildman–Crippen MR) is 132 cm³/mol. The molecule has 0 fully saturated rings. The molecular formula is C24H26N6O5. The Morgan fingerprint density at radius 3 is 2.57 bits per heavy atom. The van der Waals surface area contributed by atoms with Gasteiger partial charge in [0.05, 0.1) is 12.8 Å². The molecule has 0 aliphatic carbocycles. The van der Waals surface area contributed by atoms with E-state index in [0.717, 1.165) is 10.1 Å². The number of hydrogen-bond acceptors (Lipinski definition) is 8. The second-order valence-electron chi connectivity index (χ2n) is 8.08. The first-order valence-electron chi connectivity index (χ1n) is 10.9. The van der Waals surface area contributed by atoms with Crippen LogP contribution in [0.15, 0.2) is 63.2 Å². The smallest absolute Gasteiger partial charge is 0.332 e. The average Bonchev–Trinajstić information content (AvgIpc) is 3.20. The van der Waals surface area contributed by atoms with Gasteiger partial charge in [0, 0.05) is 19.7 Å². The summed E-state index contributed by atoms with van der Waals surface area (Å²) in [5, 5.41) is 24.8. The number of benzene rings is 2. The number of anilines is 1. The van der Waals surface area contributed by atoms with Crippen molar-refractivity contribution < 1.29 is 14.9 Å². The number of hydrogen-bond donors (Lipinski definition) is 3. The van der Waals surface area contributed by atoms with Crippen molar-refractivity contribution in [1.29, 1.82) is 0 Å². The SMILES string of the molecule is Cc1ccccc1OC[C@@H](O)Cn1c(N/N=C\c2ccccc2O)nc2c1c(=O)n(C)c(=O)n2C. The maximum atomic E-state index is 13.0. The summed E-state index contributed by atoms with van der Waals surface area (Å²) in [5.41, 5.74) is 3.34. The maximum absolute atomic E-state index is 13.0. The van der Waals surface area contributed by atoms with Gasteiger partial charge in [-0.25, -0.2) is 10.2 Å². The second-order valence-corrected chi connectivity index (χ2v) is 8.08. The molecule has 1 atom stereocenters. The Bertz CT molecular complexity index is 1520. The first-order valence-corrected chi connectivity index (χ1v) is 10.9. The summed E-state index contributed by atoms with van der Waals surface area (Å²) in [6.45, 7) is 1.82. The van der Waals surface area contributed by atoms with Crippen LogP contribution in [0.25, 0.3) is 11.2 Å². The number of aromatic nitrogens is 4. The Morgan fingerprint density at radius 2 is 1.83 bits per heavy atom. The summed E-state index contributed by atoms with van der Waals surface area (Å²) in [5.74, 6) is 0.831. The van der Waals surface area contributed by atoms with Crippen LogP contribution in [0, 0.1) is 6.92 Å². The van der Waals surface area contributed by atoms with Gasteiger partial charge in [-0.1, -0.05) is 30.3 Å². The van der Waals surface area contributed by atoms with E-state index in [1.54, 1.807) is 24.3 Å². The number of phenolic OH excluding ortho intramolecular Hbond substituents is 1. The minimum absolute atomic E-state index is 0.0306. The standard InChI is InChI=1S/C24H26N6O5/c1-15-8-4-7-11-19(15)35-14-17(31)13-30-20-21(28(2)24(34)29(3)22(20)33)26-23(30)27-25-12-16-9-5-6-10-18(16)32/h4-12,17,31-32H,13-14H2,1-3H3,(H,26,27)/b25-12-/t17-/m0/s1. The largest absolute Gasteiger partial charge is 0.507 e. The number of fused-ring (bicyclic) bond motifs is 1. The lowest BCUT2D eigenvalue weighted by Crippen LogP contribution is -2.38. The zero-order valence-electron chi connectivity index (χ0n) is 19.5. The molecule has 0 aliphatic rings. The van der Waals surface area contributed by atoms with E-state index in [2.05, 4.69) is 15.5 Å². The van der Waals surface area contributed by atoms with Gasteiger partial charge in [0.2, 0.25) is 5.95 Å². The van der Waals surface area contributed by atoms with Crippen molar-refractivity contribution in [2.45, 2.75) is 19.6 Å². The summed E-state index contributed by atoms with van der Waals surface area (Å²) < 4.78 is 9.44. The fraction of sp³-hybridized carbons (Fsp3) is 0.250. The predicted octanol–water partition coefficient (Wildman–Crippen LogP) is 1.33. The van der Waals surface area contributed by atoms with Crippen molar-refractivity contribution in [1.82, 2.24) is 18.7 Å². The quantitative estimate of drug-likeness (QED) is 0.257. The normalized spacial score (nSPS) is 12.3. The molecule has 0 aliphatic heterocycles. The number of aryl methyl sites for hydroxylation is 2. The molecule has 0 spiro atoms. The van der Waals surface area contributed by atoms with E-state index < -0.39 is 17.4 Å². The number of nitrogens with one attached hydrogen (secondary N) is 1. The van der Waals surface area contributed by atoms with Gasteiger partial charge < -0.3 is 19.5 Å². The molecule has 35 heavy (non-hydrogen) atoms. The first kappa shape index (κ1) is 23.8. The minimum atomic E-state index is -1.00. The van der Waals surface area contributed by atoms with E-state index >= 15 is 0 Å². The van der Waals surface area contributed by atoms with Crippen molar-refractivity contribution in [3.63, 3.8) is 0 Å². The highest BCUT2D eigenvalue weighted by Gasteiger charge is 2.21. The molecule has 0 saturated carbocycles. The van der Waals surface area contributed by atoms with Crippen molar-refractivity contribution in [3.8, 4) is 11.5 Å². The zero-order valence-corrected chi connectivity index (χ0v) is 19.5. The van der Waals surface area contributed by atoms with Crippen LogP contribution in [0.2, 0.25) is 0 Å². The molecule has 4 aromatic rings. The second kappa shape index (κ2) is 9.85. The first-order chi connectivity index (χ1) is 16.8. The van der Waals surface area contributed by atoms with E-state index in [4.69, 9.17) is 4.74 Å². The number of nitrogens with zero attached hydrogens (tertiary/aromatic N) is 5. The molecule has 2 aromatic heterocycles. The van der Waals surface area contributed by atoms with Crippen LogP contribution < -0.4 is 21.4 Å². The molecule has 3 N–H and O–H groups in total. The number of ether oxygens (including phenoxy) is 1. The molecule has 0 bridgehead atoms. The lowest BCUT2D eigenvalue weighted by molar-refractivity contribution is 0.0935. The van der Waals surface area contributed by atoms with Gasteiger partial charge in [0.15, 0.2) is 11.2 Å². The third kappa shape index (κ3) is 4.80. The highest BCUT2D eigenvalue weighted by atomic mass is 16.5. The molecule has 0 saturated heterocycles.